The Kier molecular flexibility index (Phi) is 10.0. The Balaban J connectivity index is 1.38. The molecule has 0 saturated heterocycles. The summed E-state index contributed by atoms with van der Waals surface area (Å²) in [7, 11) is 4.32. The molecule has 2 aromatic carbocycles. The molecule has 1 saturated carbocycles. The van der Waals surface area contributed by atoms with Crippen LogP contribution in [0.15, 0.2) is 42.5 Å². The fraction of sp³-hybridized carbons (Fsp3) is 0.500. The van der Waals surface area contributed by atoms with Gasteiger partial charge in [-0.1, -0.05) is 59.1 Å². The summed E-state index contributed by atoms with van der Waals surface area (Å²) in [6.07, 6.45) is 5.98. The van der Waals surface area contributed by atoms with Crippen LogP contribution < -0.4 is 10.6 Å². The first kappa shape index (κ1) is 27.5. The average Bonchev–Trinajstić information content (AvgIpc) is 2.80. The van der Waals surface area contributed by atoms with Crippen LogP contribution in [0.3, 0.4) is 0 Å². The minimum Gasteiger partial charge on any atom is -0.356 e. The summed E-state index contributed by atoms with van der Waals surface area (Å²) in [6, 6.07) is 14.3. The zero-order valence-electron chi connectivity index (χ0n) is 21.0. The summed E-state index contributed by atoms with van der Waals surface area (Å²) in [6.45, 7) is 2.60. The highest BCUT2D eigenvalue weighted by atomic mass is 35.5. The molecule has 7 heteroatoms. The minimum absolute atomic E-state index is 0.0538. The topological polar surface area (TPSA) is 61.4 Å². The van der Waals surface area contributed by atoms with Gasteiger partial charge in [0.2, 0.25) is 11.8 Å². The van der Waals surface area contributed by atoms with Gasteiger partial charge in [0.15, 0.2) is 0 Å². The van der Waals surface area contributed by atoms with Gasteiger partial charge < -0.3 is 15.5 Å². The maximum absolute atomic E-state index is 12.5. The standard InChI is InChI=1S/C28H37Cl2N3O2/c1-20-5-4-6-21(17-20)19-28(33(2)3)14-11-24(12-15-28)32-27(35)10-9-26(34)31-16-13-22-7-8-23(29)18-25(22)30/h4-8,17-18,24H,9-16,19H2,1-3H3,(H,31,34)(H,32,35). The molecule has 0 aliphatic heterocycles. The Morgan fingerprint density at radius 1 is 1.03 bits per heavy atom. The average molecular weight is 519 g/mol. The largest absolute Gasteiger partial charge is 0.356 e. The molecule has 0 unspecified atom stereocenters. The molecule has 0 radical (unpaired) electrons. The van der Waals surface area contributed by atoms with E-state index in [9.17, 15) is 9.59 Å². The van der Waals surface area contributed by atoms with Gasteiger partial charge in [-0.05, 0) is 82.8 Å². The summed E-state index contributed by atoms with van der Waals surface area (Å²) in [5.74, 6) is -0.180. The zero-order chi connectivity index (χ0) is 25.4. The molecule has 1 aliphatic rings. The Morgan fingerprint density at radius 2 is 1.74 bits per heavy atom. The number of carbonyl (C=O) groups is 2. The SMILES string of the molecule is Cc1cccc(CC2(N(C)C)CCC(NC(=O)CCC(=O)NCCc3ccc(Cl)cc3Cl)CC2)c1. The highest BCUT2D eigenvalue weighted by Gasteiger charge is 2.37. The van der Waals surface area contributed by atoms with Crippen molar-refractivity contribution >= 4 is 35.0 Å². The summed E-state index contributed by atoms with van der Waals surface area (Å²) in [4.78, 5) is 27.0. The van der Waals surface area contributed by atoms with Crippen molar-refractivity contribution < 1.29 is 9.59 Å². The van der Waals surface area contributed by atoms with Gasteiger partial charge in [0.05, 0.1) is 0 Å². The van der Waals surface area contributed by atoms with E-state index < -0.39 is 0 Å². The van der Waals surface area contributed by atoms with E-state index in [1.165, 1.54) is 11.1 Å². The smallest absolute Gasteiger partial charge is 0.220 e. The third kappa shape index (κ3) is 8.23. The summed E-state index contributed by atoms with van der Waals surface area (Å²) in [5, 5.41) is 7.20. The lowest BCUT2D eigenvalue weighted by Gasteiger charge is -2.45. The molecule has 0 spiro atoms. The lowest BCUT2D eigenvalue weighted by Crippen LogP contribution is -2.52. The van der Waals surface area contributed by atoms with Crippen LogP contribution >= 0.6 is 23.2 Å². The maximum atomic E-state index is 12.5. The van der Waals surface area contributed by atoms with Gasteiger partial charge in [0, 0.05) is 41.0 Å². The van der Waals surface area contributed by atoms with E-state index in [4.69, 9.17) is 23.2 Å². The number of benzene rings is 2. The van der Waals surface area contributed by atoms with Crippen molar-refractivity contribution in [3.63, 3.8) is 0 Å². The van der Waals surface area contributed by atoms with Crippen LogP contribution in [0.1, 0.15) is 55.2 Å². The number of nitrogens with zero attached hydrogens (tertiary/aromatic N) is 1. The molecule has 190 valence electrons. The van der Waals surface area contributed by atoms with Gasteiger partial charge in [0.1, 0.15) is 0 Å². The number of halogens is 2. The number of hydrogen-bond donors (Lipinski definition) is 2. The molecular formula is C28H37Cl2N3O2. The van der Waals surface area contributed by atoms with Crippen molar-refractivity contribution in [2.75, 3.05) is 20.6 Å². The van der Waals surface area contributed by atoms with Crippen LogP contribution in [0.25, 0.3) is 0 Å². The molecule has 35 heavy (non-hydrogen) atoms. The van der Waals surface area contributed by atoms with E-state index in [0.717, 1.165) is 37.7 Å². The molecule has 2 aromatic rings. The van der Waals surface area contributed by atoms with Gasteiger partial charge in [0.25, 0.3) is 0 Å². The Hall–Kier alpha value is -2.08. The maximum Gasteiger partial charge on any atom is 0.220 e. The van der Waals surface area contributed by atoms with Gasteiger partial charge in [-0.25, -0.2) is 0 Å². The number of hydrogen-bond acceptors (Lipinski definition) is 3. The van der Waals surface area contributed by atoms with Gasteiger partial charge in [-0.3, -0.25) is 9.59 Å². The van der Waals surface area contributed by atoms with Crippen molar-refractivity contribution in [1.29, 1.82) is 0 Å². The normalized spacial score (nSPS) is 20.0. The molecule has 1 fully saturated rings. The Labute approximate surface area is 219 Å². The third-order valence-corrected chi connectivity index (χ3v) is 7.74. The highest BCUT2D eigenvalue weighted by Crippen LogP contribution is 2.35. The fourth-order valence-corrected chi connectivity index (χ4v) is 5.46. The Morgan fingerprint density at radius 3 is 2.40 bits per heavy atom. The second-order valence-electron chi connectivity index (χ2n) is 9.96. The molecule has 0 atom stereocenters. The minimum atomic E-state index is -0.126. The lowest BCUT2D eigenvalue weighted by molar-refractivity contribution is -0.127. The monoisotopic (exact) mass is 517 g/mol. The second kappa shape index (κ2) is 12.8. The first-order valence-corrected chi connectivity index (χ1v) is 13.2. The molecule has 0 aromatic heterocycles. The van der Waals surface area contributed by atoms with Crippen LogP contribution in [-0.2, 0) is 22.4 Å². The Bertz CT molecular complexity index is 1020. The number of nitrogens with one attached hydrogen (secondary N) is 2. The molecule has 0 heterocycles. The fourth-order valence-electron chi connectivity index (χ4n) is 4.96. The number of carbonyl (C=O) groups excluding carboxylic acids is 2. The lowest BCUT2D eigenvalue weighted by atomic mass is 9.74. The second-order valence-corrected chi connectivity index (χ2v) is 10.8. The van der Waals surface area contributed by atoms with Crippen LogP contribution in [0.2, 0.25) is 10.0 Å². The molecule has 2 amide bonds. The molecular weight excluding hydrogens is 481 g/mol. The van der Waals surface area contributed by atoms with E-state index in [-0.39, 0.29) is 36.2 Å². The number of amides is 2. The molecule has 3 rings (SSSR count). The van der Waals surface area contributed by atoms with Crippen LogP contribution in [-0.4, -0.2) is 48.9 Å². The van der Waals surface area contributed by atoms with E-state index in [0.29, 0.717) is 23.0 Å². The van der Waals surface area contributed by atoms with Gasteiger partial charge >= 0.3 is 0 Å². The molecule has 5 nitrogen and oxygen atoms in total. The third-order valence-electron chi connectivity index (χ3n) is 7.16. The quantitative estimate of drug-likeness (QED) is 0.446. The first-order chi connectivity index (χ1) is 16.7. The summed E-state index contributed by atoms with van der Waals surface area (Å²) < 4.78 is 0. The predicted octanol–water partition coefficient (Wildman–Crippen LogP) is 5.34. The summed E-state index contributed by atoms with van der Waals surface area (Å²) in [5.41, 5.74) is 3.70. The van der Waals surface area contributed by atoms with E-state index in [1.54, 1.807) is 12.1 Å². The van der Waals surface area contributed by atoms with Crippen molar-refractivity contribution in [2.45, 2.75) is 69.9 Å². The van der Waals surface area contributed by atoms with E-state index >= 15 is 0 Å². The predicted molar refractivity (Wildman–Crippen MR) is 144 cm³/mol. The zero-order valence-corrected chi connectivity index (χ0v) is 22.5. The summed E-state index contributed by atoms with van der Waals surface area (Å²) >= 11 is 12.1. The van der Waals surface area contributed by atoms with Crippen molar-refractivity contribution in [3.05, 3.63) is 69.2 Å². The van der Waals surface area contributed by atoms with E-state index in [1.807, 2.05) is 6.07 Å². The molecule has 0 bridgehead atoms. The van der Waals surface area contributed by atoms with Crippen molar-refractivity contribution in [2.24, 2.45) is 0 Å². The van der Waals surface area contributed by atoms with Crippen molar-refractivity contribution in [1.82, 2.24) is 15.5 Å². The van der Waals surface area contributed by atoms with Crippen LogP contribution in [0.5, 0.6) is 0 Å². The van der Waals surface area contributed by atoms with Crippen molar-refractivity contribution in [3.8, 4) is 0 Å². The van der Waals surface area contributed by atoms with E-state index in [2.05, 4.69) is 60.8 Å². The number of aryl methyl sites for hydroxylation is 1. The highest BCUT2D eigenvalue weighted by molar-refractivity contribution is 6.35. The van der Waals surface area contributed by atoms with Gasteiger partial charge in [-0.15, -0.1) is 0 Å². The molecule has 2 N–H and O–H groups in total. The first-order valence-electron chi connectivity index (χ1n) is 12.4. The van der Waals surface area contributed by atoms with Gasteiger partial charge in [-0.2, -0.15) is 0 Å². The van der Waals surface area contributed by atoms with Crippen LogP contribution in [0, 0.1) is 6.92 Å². The van der Waals surface area contributed by atoms with Crippen LogP contribution in [0.4, 0.5) is 0 Å². The number of likely N-dealkylation sites (N-methyl/N-ethyl adjacent to an activating group) is 1. The molecule has 1 aliphatic carbocycles. The number of rotatable bonds is 10.